The summed E-state index contributed by atoms with van der Waals surface area (Å²) in [4.78, 5) is 10.6. The minimum Gasteiger partial charge on any atom is -0.480 e. The highest BCUT2D eigenvalue weighted by molar-refractivity contribution is 7.47. The van der Waals surface area contributed by atoms with Crippen LogP contribution in [0.15, 0.2) is 34.7 Å². The molecule has 3 nitrogen and oxygen atoms in total. The minimum atomic E-state index is -0.973. The highest BCUT2D eigenvalue weighted by Crippen LogP contribution is 2.05. The van der Waals surface area contributed by atoms with E-state index in [-0.39, 0.29) is 0 Å². The van der Waals surface area contributed by atoms with Crippen LogP contribution in [0.5, 0.6) is 0 Å². The van der Waals surface area contributed by atoms with Crippen molar-refractivity contribution in [1.29, 1.82) is 0 Å². The molecular weight excluding hydrogens is 186 g/mol. The second-order valence-electron chi connectivity index (χ2n) is 2.65. The molecule has 13 heavy (non-hydrogen) atoms. The van der Waals surface area contributed by atoms with Crippen molar-refractivity contribution >= 4 is 18.4 Å². The molecule has 0 unspecified atom stereocenters. The minimum absolute atomic E-state index is 0.361. The number of benzene rings is 1. The zero-order chi connectivity index (χ0) is 9.68. The third-order valence-corrected chi connectivity index (χ3v) is 1.94. The molecule has 0 aliphatic carbocycles. The lowest BCUT2D eigenvalue weighted by molar-refractivity contribution is -0.138. The maximum absolute atomic E-state index is 10.6. The summed E-state index contributed by atoms with van der Waals surface area (Å²) in [5.74, 6) is -0.973. The van der Waals surface area contributed by atoms with Crippen LogP contribution < -0.4 is 0 Å². The van der Waals surface area contributed by atoms with Gasteiger partial charge in [-0.25, -0.2) is 9.16 Å². The molecule has 0 aliphatic rings. The molecule has 0 aliphatic heterocycles. The average Bonchev–Trinajstić information content (AvgIpc) is 2.15. The van der Waals surface area contributed by atoms with Crippen molar-refractivity contribution in [3.63, 3.8) is 0 Å². The van der Waals surface area contributed by atoms with Gasteiger partial charge in [-0.1, -0.05) is 30.3 Å². The smallest absolute Gasteiger partial charge is 0.329 e. The van der Waals surface area contributed by atoms with Gasteiger partial charge in [-0.2, -0.15) is 0 Å². The zero-order valence-electron chi connectivity index (χ0n) is 6.88. The largest absolute Gasteiger partial charge is 0.480 e. The Balaban J connectivity index is 2.67. The van der Waals surface area contributed by atoms with E-state index in [2.05, 4.69) is 16.8 Å². The summed E-state index contributed by atoms with van der Waals surface area (Å²) in [7, 11) is 0. The fourth-order valence-corrected chi connectivity index (χ4v) is 1.17. The third-order valence-electron chi connectivity index (χ3n) is 1.68. The molecule has 0 heterocycles. The normalized spacial score (nSPS) is 12.0. The van der Waals surface area contributed by atoms with Crippen LogP contribution in [0.3, 0.4) is 0 Å². The molecule has 0 radical (unpaired) electrons. The molecule has 0 amide bonds. The van der Waals surface area contributed by atoms with E-state index >= 15 is 0 Å². The van der Waals surface area contributed by atoms with Crippen molar-refractivity contribution in [3.05, 3.63) is 35.9 Å². The van der Waals surface area contributed by atoms with Crippen molar-refractivity contribution in [2.45, 2.75) is 12.5 Å². The Morgan fingerprint density at radius 1 is 1.46 bits per heavy atom. The number of nitrogens with zero attached hydrogens (tertiary/aromatic N) is 1. The molecule has 0 bridgehead atoms. The van der Waals surface area contributed by atoms with E-state index in [9.17, 15) is 4.79 Å². The lowest BCUT2D eigenvalue weighted by Crippen LogP contribution is -2.19. The summed E-state index contributed by atoms with van der Waals surface area (Å²) in [5, 5.41) is 8.67. The summed E-state index contributed by atoms with van der Waals surface area (Å²) in [6.45, 7) is 0. The van der Waals surface area contributed by atoms with Gasteiger partial charge < -0.3 is 5.11 Å². The van der Waals surface area contributed by atoms with E-state index in [1.54, 1.807) is 0 Å². The maximum atomic E-state index is 10.6. The van der Waals surface area contributed by atoms with Crippen LogP contribution in [0.25, 0.3) is 0 Å². The molecule has 4 heteroatoms. The van der Waals surface area contributed by atoms with Gasteiger partial charge in [-0.3, -0.25) is 0 Å². The second kappa shape index (κ2) is 4.67. The monoisotopic (exact) mass is 195 g/mol. The molecule has 0 saturated carbocycles. The Morgan fingerprint density at radius 3 is 2.54 bits per heavy atom. The van der Waals surface area contributed by atoms with E-state index in [1.165, 1.54) is 0 Å². The number of hydrogen-bond donors (Lipinski definition) is 1. The Bertz CT molecular complexity index is 300. The summed E-state index contributed by atoms with van der Waals surface area (Å²) in [6.07, 6.45) is 0.361. The van der Waals surface area contributed by atoms with Gasteiger partial charge in [0.05, 0.1) is 0 Å². The van der Waals surface area contributed by atoms with Crippen molar-refractivity contribution in [1.82, 2.24) is 0 Å². The van der Waals surface area contributed by atoms with E-state index in [1.807, 2.05) is 30.3 Å². The second-order valence-corrected chi connectivity index (χ2v) is 2.86. The molecule has 1 atom stereocenters. The lowest BCUT2D eigenvalue weighted by atomic mass is 10.1. The maximum Gasteiger partial charge on any atom is 0.329 e. The lowest BCUT2D eigenvalue weighted by Gasteiger charge is -2.04. The predicted octanol–water partition coefficient (Wildman–Crippen LogP) is 1.41. The summed E-state index contributed by atoms with van der Waals surface area (Å²) < 4.78 is 3.37. The number of carboxylic acids is 1. The fraction of sp³-hybridized carbons (Fsp3) is 0.222. The Kier molecular flexibility index (Phi) is 3.52. The molecule has 1 N–H and O–H groups in total. The van der Waals surface area contributed by atoms with E-state index < -0.39 is 12.0 Å². The van der Waals surface area contributed by atoms with Crippen LogP contribution in [0.1, 0.15) is 5.56 Å². The zero-order valence-corrected chi connectivity index (χ0v) is 7.70. The van der Waals surface area contributed by atoms with Crippen molar-refractivity contribution < 1.29 is 9.90 Å². The van der Waals surface area contributed by atoms with Gasteiger partial charge in [-0.05, 0) is 5.56 Å². The average molecular weight is 195 g/mol. The Labute approximate surface area is 81.6 Å². The molecule has 68 valence electrons. The number of rotatable bonds is 4. The van der Waals surface area contributed by atoms with Gasteiger partial charge in [0.1, 0.15) is 0 Å². The van der Waals surface area contributed by atoms with E-state index in [0.717, 1.165) is 5.56 Å². The highest BCUT2D eigenvalue weighted by atomic mass is 32.1. The number of carbonyl (C=O) groups is 1. The van der Waals surface area contributed by atoms with Crippen molar-refractivity contribution in [2.24, 2.45) is 4.36 Å². The van der Waals surface area contributed by atoms with Gasteiger partial charge in [0, 0.05) is 18.8 Å². The molecule has 1 aromatic rings. The summed E-state index contributed by atoms with van der Waals surface area (Å²) in [6, 6.07) is 8.50. The quantitative estimate of drug-likeness (QED) is 0.790. The molecule has 0 spiro atoms. The SMILES string of the molecule is O=C(O)[C@H](Cc1ccccc1)N=S. The van der Waals surface area contributed by atoms with Crippen LogP contribution in [-0.4, -0.2) is 17.1 Å². The Morgan fingerprint density at radius 2 is 2.08 bits per heavy atom. The molecule has 1 rings (SSSR count). The number of aliphatic carboxylic acids is 1. The van der Waals surface area contributed by atoms with Crippen molar-refractivity contribution in [3.8, 4) is 0 Å². The molecule has 1 aromatic carbocycles. The van der Waals surface area contributed by atoms with Crippen LogP contribution in [0, 0.1) is 0 Å². The first-order chi connectivity index (χ1) is 6.24. The summed E-state index contributed by atoms with van der Waals surface area (Å²) in [5.41, 5.74) is 0.934. The van der Waals surface area contributed by atoms with E-state index in [0.29, 0.717) is 6.42 Å². The van der Waals surface area contributed by atoms with E-state index in [4.69, 9.17) is 5.11 Å². The standard InChI is InChI=1S/C9H9NO2S/c11-9(12)8(10-13)6-7-4-2-1-3-5-7/h1-5,8H,6H2,(H,11,12)/t8-/m0/s1. The van der Waals surface area contributed by atoms with Crippen LogP contribution >= 0.6 is 0 Å². The van der Waals surface area contributed by atoms with Gasteiger partial charge in [0.15, 0.2) is 6.04 Å². The molecule has 0 aromatic heterocycles. The molecular formula is C9H9NO2S. The highest BCUT2D eigenvalue weighted by Gasteiger charge is 2.15. The van der Waals surface area contributed by atoms with Crippen LogP contribution in [0.2, 0.25) is 0 Å². The Hall–Kier alpha value is -1.29. The molecule has 0 fully saturated rings. The number of hydrogen-bond acceptors (Lipinski definition) is 3. The first-order valence-corrected chi connectivity index (χ1v) is 4.19. The van der Waals surface area contributed by atoms with Crippen LogP contribution in [0.4, 0.5) is 0 Å². The van der Waals surface area contributed by atoms with Crippen molar-refractivity contribution in [2.75, 3.05) is 0 Å². The topological polar surface area (TPSA) is 49.7 Å². The van der Waals surface area contributed by atoms with Gasteiger partial charge >= 0.3 is 5.97 Å². The number of carboxylic acid groups (broad SMARTS) is 1. The first kappa shape index (κ1) is 9.80. The van der Waals surface area contributed by atoms with Crippen LogP contribution in [-0.2, 0) is 23.6 Å². The first-order valence-electron chi connectivity index (χ1n) is 3.83. The summed E-state index contributed by atoms with van der Waals surface area (Å²) >= 11 is 4.39. The fourth-order valence-electron chi connectivity index (χ4n) is 1.01. The van der Waals surface area contributed by atoms with Gasteiger partial charge in [0.25, 0.3) is 0 Å². The van der Waals surface area contributed by atoms with Gasteiger partial charge in [0.2, 0.25) is 0 Å². The van der Waals surface area contributed by atoms with Gasteiger partial charge in [-0.15, -0.1) is 0 Å². The third kappa shape index (κ3) is 2.91. The molecule has 0 saturated heterocycles. The predicted molar refractivity (Wildman–Crippen MR) is 51.4 cm³/mol.